The van der Waals surface area contributed by atoms with Crippen LogP contribution in [0.15, 0.2) is 61.2 Å². The summed E-state index contributed by atoms with van der Waals surface area (Å²) in [7, 11) is 5.65. The lowest BCUT2D eigenvalue weighted by Crippen LogP contribution is -2.14. The molecule has 0 spiro atoms. The van der Waals surface area contributed by atoms with Gasteiger partial charge in [-0.05, 0) is 49.0 Å². The van der Waals surface area contributed by atoms with Crippen molar-refractivity contribution >= 4 is 11.9 Å². The largest absolute Gasteiger partial charge is 0.496 e. The molecule has 0 aliphatic carbocycles. The Morgan fingerprint density at radius 1 is 1.19 bits per heavy atom. The van der Waals surface area contributed by atoms with E-state index in [0.29, 0.717) is 11.3 Å². The van der Waals surface area contributed by atoms with Gasteiger partial charge in [0, 0.05) is 12.0 Å². The Morgan fingerprint density at radius 2 is 1.89 bits per heavy atom. The molecule has 0 N–H and O–H groups in total. The summed E-state index contributed by atoms with van der Waals surface area (Å²) in [4.78, 5) is 15.0. The zero-order valence-electron chi connectivity index (χ0n) is 17.0. The van der Waals surface area contributed by atoms with E-state index in [4.69, 9.17) is 4.74 Å². The van der Waals surface area contributed by atoms with E-state index >= 15 is 0 Å². The first-order chi connectivity index (χ1) is 12.8. The first kappa shape index (κ1) is 20.7. The fourth-order valence-corrected chi connectivity index (χ4v) is 2.86. The van der Waals surface area contributed by atoms with Gasteiger partial charge in [0.15, 0.2) is 5.78 Å². The van der Waals surface area contributed by atoms with E-state index in [1.165, 1.54) is 5.56 Å². The van der Waals surface area contributed by atoms with Crippen LogP contribution in [0.25, 0.3) is 6.08 Å². The molecule has 0 saturated heterocycles. The van der Waals surface area contributed by atoms with Gasteiger partial charge in [0.1, 0.15) is 5.75 Å². The highest BCUT2D eigenvalue weighted by atomic mass is 16.5. The third-order valence-electron chi connectivity index (χ3n) is 4.68. The molecule has 0 unspecified atom stereocenters. The molecule has 2 aromatic carbocycles. The normalized spacial score (nSPS) is 11.8. The number of hydrogen-bond acceptors (Lipinski definition) is 3. The summed E-state index contributed by atoms with van der Waals surface area (Å²) in [6.45, 7) is 8.87. The van der Waals surface area contributed by atoms with Crippen LogP contribution in [0.5, 0.6) is 5.75 Å². The Bertz CT molecular complexity index is 847. The fourth-order valence-electron chi connectivity index (χ4n) is 2.86. The van der Waals surface area contributed by atoms with Gasteiger partial charge in [-0.2, -0.15) is 0 Å². The third-order valence-corrected chi connectivity index (χ3v) is 4.68. The fraction of sp³-hybridized carbons (Fsp3) is 0.292. The lowest BCUT2D eigenvalue weighted by Gasteiger charge is -2.21. The minimum Gasteiger partial charge on any atom is -0.496 e. The summed E-state index contributed by atoms with van der Waals surface area (Å²) < 4.78 is 5.41. The number of benzene rings is 2. The van der Waals surface area contributed by atoms with Crippen molar-refractivity contribution in [2.75, 3.05) is 21.2 Å². The lowest BCUT2D eigenvalue weighted by molar-refractivity contribution is 0.104. The van der Waals surface area contributed by atoms with Crippen molar-refractivity contribution in [2.24, 2.45) is 0 Å². The quantitative estimate of drug-likeness (QED) is 0.370. The SMILES string of the molecule is C=CC(C)(C)c1ccc(OC)c(C(=O)C=Cc2ccccc2CN(C)C)c1. The highest BCUT2D eigenvalue weighted by Crippen LogP contribution is 2.29. The number of allylic oxidation sites excluding steroid dienone is 2. The van der Waals surface area contributed by atoms with Crippen molar-refractivity contribution < 1.29 is 9.53 Å². The van der Waals surface area contributed by atoms with Crippen molar-refractivity contribution in [3.63, 3.8) is 0 Å². The van der Waals surface area contributed by atoms with Gasteiger partial charge in [0.2, 0.25) is 0 Å². The molecule has 0 aliphatic rings. The Balaban J connectivity index is 2.37. The number of methoxy groups -OCH3 is 1. The predicted octanol–water partition coefficient (Wildman–Crippen LogP) is 5.12. The first-order valence-corrected chi connectivity index (χ1v) is 9.05. The van der Waals surface area contributed by atoms with Gasteiger partial charge in [-0.3, -0.25) is 4.79 Å². The lowest BCUT2D eigenvalue weighted by atomic mass is 9.83. The molecule has 0 fully saturated rings. The molecule has 2 aromatic rings. The number of hydrogen-bond donors (Lipinski definition) is 0. The Morgan fingerprint density at radius 3 is 2.52 bits per heavy atom. The zero-order chi connectivity index (χ0) is 20.0. The Hall–Kier alpha value is -2.65. The van der Waals surface area contributed by atoms with Crippen LogP contribution in [-0.2, 0) is 12.0 Å². The van der Waals surface area contributed by atoms with Crippen LogP contribution >= 0.6 is 0 Å². The molecule has 0 heterocycles. The molecule has 142 valence electrons. The maximum atomic E-state index is 12.9. The number of nitrogens with zero attached hydrogens (tertiary/aromatic N) is 1. The maximum Gasteiger partial charge on any atom is 0.189 e. The summed E-state index contributed by atoms with van der Waals surface area (Å²) in [6.07, 6.45) is 5.39. The summed E-state index contributed by atoms with van der Waals surface area (Å²) in [5.74, 6) is 0.503. The van der Waals surface area contributed by atoms with Gasteiger partial charge in [0.05, 0.1) is 12.7 Å². The number of carbonyl (C=O) groups is 1. The van der Waals surface area contributed by atoms with E-state index in [9.17, 15) is 4.79 Å². The minimum atomic E-state index is -0.219. The molecule has 27 heavy (non-hydrogen) atoms. The molecule has 0 atom stereocenters. The van der Waals surface area contributed by atoms with Crippen molar-refractivity contribution in [3.8, 4) is 5.75 Å². The van der Waals surface area contributed by atoms with E-state index < -0.39 is 0 Å². The van der Waals surface area contributed by atoms with Crippen molar-refractivity contribution in [1.82, 2.24) is 4.90 Å². The van der Waals surface area contributed by atoms with Crippen LogP contribution in [0.4, 0.5) is 0 Å². The van der Waals surface area contributed by atoms with Crippen molar-refractivity contribution in [2.45, 2.75) is 25.8 Å². The van der Waals surface area contributed by atoms with Gasteiger partial charge in [-0.15, -0.1) is 6.58 Å². The van der Waals surface area contributed by atoms with Crippen LogP contribution in [0.2, 0.25) is 0 Å². The topological polar surface area (TPSA) is 29.5 Å². The summed E-state index contributed by atoms with van der Waals surface area (Å²) in [6, 6.07) is 13.8. The van der Waals surface area contributed by atoms with Gasteiger partial charge < -0.3 is 9.64 Å². The Labute approximate surface area is 163 Å². The van der Waals surface area contributed by atoms with Crippen LogP contribution in [0.1, 0.15) is 40.9 Å². The molecule has 3 heteroatoms. The highest BCUT2D eigenvalue weighted by Gasteiger charge is 2.19. The molecule has 3 nitrogen and oxygen atoms in total. The van der Waals surface area contributed by atoms with Crippen molar-refractivity contribution in [1.29, 1.82) is 0 Å². The summed E-state index contributed by atoms with van der Waals surface area (Å²) >= 11 is 0. The Kier molecular flexibility index (Phi) is 6.75. The second-order valence-electron chi connectivity index (χ2n) is 7.48. The molecular formula is C24H29NO2. The van der Waals surface area contributed by atoms with Gasteiger partial charge >= 0.3 is 0 Å². The average Bonchev–Trinajstić information content (AvgIpc) is 2.66. The molecule has 0 amide bonds. The number of carbonyl (C=O) groups excluding carboxylic acids is 1. The van der Waals surface area contributed by atoms with Crippen LogP contribution in [-0.4, -0.2) is 31.9 Å². The van der Waals surface area contributed by atoms with Crippen molar-refractivity contribution in [3.05, 3.63) is 83.4 Å². The van der Waals surface area contributed by atoms with E-state index in [1.54, 1.807) is 13.2 Å². The molecule has 0 aromatic heterocycles. The zero-order valence-corrected chi connectivity index (χ0v) is 17.0. The van der Waals surface area contributed by atoms with E-state index in [0.717, 1.165) is 17.7 Å². The van der Waals surface area contributed by atoms with E-state index in [2.05, 4.69) is 31.4 Å². The smallest absolute Gasteiger partial charge is 0.189 e. The minimum absolute atomic E-state index is 0.0757. The van der Waals surface area contributed by atoms with E-state index in [-0.39, 0.29) is 11.2 Å². The van der Waals surface area contributed by atoms with Crippen LogP contribution in [0.3, 0.4) is 0 Å². The molecule has 0 radical (unpaired) electrons. The standard InChI is InChI=1S/C24H29NO2/c1-7-24(2,3)20-13-15-23(27-6)21(16-20)22(26)14-12-18-10-8-9-11-19(18)17-25(4)5/h7-16H,1,17H2,2-6H3. The third kappa shape index (κ3) is 5.18. The monoisotopic (exact) mass is 363 g/mol. The second kappa shape index (κ2) is 8.83. The highest BCUT2D eigenvalue weighted by molar-refractivity contribution is 6.08. The first-order valence-electron chi connectivity index (χ1n) is 9.05. The summed E-state index contributed by atoms with van der Waals surface area (Å²) in [5.41, 5.74) is 3.60. The molecule has 0 bridgehead atoms. The molecular weight excluding hydrogens is 334 g/mol. The molecule has 0 saturated carbocycles. The second-order valence-corrected chi connectivity index (χ2v) is 7.48. The number of ether oxygens (including phenoxy) is 1. The predicted molar refractivity (Wildman–Crippen MR) is 113 cm³/mol. The average molecular weight is 364 g/mol. The van der Waals surface area contributed by atoms with Gasteiger partial charge in [0.25, 0.3) is 0 Å². The van der Waals surface area contributed by atoms with Crippen LogP contribution in [0, 0.1) is 0 Å². The summed E-state index contributed by atoms with van der Waals surface area (Å²) in [5, 5.41) is 0. The van der Waals surface area contributed by atoms with Gasteiger partial charge in [-0.25, -0.2) is 0 Å². The maximum absolute atomic E-state index is 12.9. The molecule has 0 aliphatic heterocycles. The van der Waals surface area contributed by atoms with Gasteiger partial charge in [-0.1, -0.05) is 56.3 Å². The molecule has 2 rings (SSSR count). The van der Waals surface area contributed by atoms with Crippen LogP contribution < -0.4 is 4.74 Å². The van der Waals surface area contributed by atoms with E-state index in [1.807, 2.05) is 62.6 Å². The number of rotatable bonds is 8. The number of ketones is 1.